The first-order chi connectivity index (χ1) is 9.19. The molecule has 1 saturated heterocycles. The molecule has 1 amide bonds. The van der Waals surface area contributed by atoms with Crippen molar-refractivity contribution in [3.8, 4) is 0 Å². The number of aliphatic hydroxyl groups is 1. The van der Waals surface area contributed by atoms with E-state index in [0.29, 0.717) is 19.7 Å². The number of nitrogens with zero attached hydrogens (tertiary/aromatic N) is 1. The molecule has 1 N–H and O–H groups in total. The largest absolute Gasteiger partial charge is 0.394 e. The van der Waals surface area contributed by atoms with E-state index in [1.54, 1.807) is 17.1 Å². The standard InChI is InChI=1S/C14H16BrNO3/c15-12-3-1-2-11(8-12)4-5-14(18)16-6-7-19-13(9-16)10-17/h1-5,8,13,17H,6-7,9-10H2/b5-4+. The minimum absolute atomic E-state index is 0.0540. The summed E-state index contributed by atoms with van der Waals surface area (Å²) in [5.74, 6) is -0.0540. The van der Waals surface area contributed by atoms with Gasteiger partial charge in [-0.15, -0.1) is 0 Å². The molecular formula is C14H16BrNO3. The van der Waals surface area contributed by atoms with Gasteiger partial charge in [-0.2, -0.15) is 0 Å². The summed E-state index contributed by atoms with van der Waals surface area (Å²) in [6.45, 7) is 1.43. The maximum Gasteiger partial charge on any atom is 0.246 e. The second-order valence-electron chi connectivity index (χ2n) is 4.35. The Labute approximate surface area is 120 Å². The summed E-state index contributed by atoms with van der Waals surface area (Å²) >= 11 is 3.39. The fourth-order valence-corrected chi connectivity index (χ4v) is 2.33. The Kier molecular flexibility index (Phi) is 5.13. The molecule has 1 heterocycles. The average Bonchev–Trinajstić information content (AvgIpc) is 2.45. The molecule has 0 aliphatic carbocycles. The Morgan fingerprint density at radius 2 is 2.42 bits per heavy atom. The molecule has 102 valence electrons. The highest BCUT2D eigenvalue weighted by atomic mass is 79.9. The van der Waals surface area contributed by atoms with Gasteiger partial charge in [0.05, 0.1) is 19.3 Å². The van der Waals surface area contributed by atoms with Crippen LogP contribution in [0.15, 0.2) is 34.8 Å². The molecule has 19 heavy (non-hydrogen) atoms. The van der Waals surface area contributed by atoms with Gasteiger partial charge < -0.3 is 14.7 Å². The molecule has 1 aromatic carbocycles. The van der Waals surface area contributed by atoms with Gasteiger partial charge in [0.15, 0.2) is 0 Å². The fourth-order valence-electron chi connectivity index (χ4n) is 1.91. The van der Waals surface area contributed by atoms with E-state index < -0.39 is 0 Å². The molecule has 1 unspecified atom stereocenters. The summed E-state index contributed by atoms with van der Waals surface area (Å²) < 4.78 is 6.29. The van der Waals surface area contributed by atoms with Crippen molar-refractivity contribution in [2.24, 2.45) is 0 Å². The molecule has 1 atom stereocenters. The first-order valence-electron chi connectivity index (χ1n) is 6.14. The van der Waals surface area contributed by atoms with Crippen LogP contribution >= 0.6 is 15.9 Å². The molecular weight excluding hydrogens is 310 g/mol. The zero-order valence-corrected chi connectivity index (χ0v) is 12.0. The predicted octanol–water partition coefficient (Wildman–Crippen LogP) is 1.68. The second-order valence-corrected chi connectivity index (χ2v) is 5.26. The quantitative estimate of drug-likeness (QED) is 0.860. The van der Waals surface area contributed by atoms with Crippen LogP contribution < -0.4 is 0 Å². The highest BCUT2D eigenvalue weighted by Crippen LogP contribution is 2.13. The van der Waals surface area contributed by atoms with Crippen LogP contribution in [0.1, 0.15) is 5.56 Å². The van der Waals surface area contributed by atoms with Crippen molar-refractivity contribution in [2.75, 3.05) is 26.3 Å². The lowest BCUT2D eigenvalue weighted by Crippen LogP contribution is -2.46. The third-order valence-electron chi connectivity index (χ3n) is 2.92. The van der Waals surface area contributed by atoms with E-state index in [9.17, 15) is 4.79 Å². The fraction of sp³-hybridized carbons (Fsp3) is 0.357. The highest BCUT2D eigenvalue weighted by molar-refractivity contribution is 9.10. The number of hydrogen-bond donors (Lipinski definition) is 1. The summed E-state index contributed by atoms with van der Waals surface area (Å²) in [7, 11) is 0. The Morgan fingerprint density at radius 3 is 3.16 bits per heavy atom. The summed E-state index contributed by atoms with van der Waals surface area (Å²) in [4.78, 5) is 13.7. The van der Waals surface area contributed by atoms with Gasteiger partial charge in [0.2, 0.25) is 5.91 Å². The first kappa shape index (κ1) is 14.2. The molecule has 1 aromatic rings. The van der Waals surface area contributed by atoms with Gasteiger partial charge in [-0.1, -0.05) is 28.1 Å². The normalized spacial score (nSPS) is 19.9. The van der Waals surface area contributed by atoms with Gasteiger partial charge in [-0.25, -0.2) is 0 Å². The third kappa shape index (κ3) is 4.16. The molecule has 5 heteroatoms. The van der Waals surface area contributed by atoms with Crippen molar-refractivity contribution in [1.82, 2.24) is 4.90 Å². The molecule has 4 nitrogen and oxygen atoms in total. The number of ether oxygens (including phenoxy) is 1. The number of benzene rings is 1. The van der Waals surface area contributed by atoms with E-state index in [1.807, 2.05) is 24.3 Å². The van der Waals surface area contributed by atoms with E-state index in [-0.39, 0.29) is 18.6 Å². The van der Waals surface area contributed by atoms with Gasteiger partial charge in [0, 0.05) is 23.6 Å². The molecule has 0 spiro atoms. The van der Waals surface area contributed by atoms with Gasteiger partial charge >= 0.3 is 0 Å². The van der Waals surface area contributed by atoms with E-state index in [1.165, 1.54) is 0 Å². The van der Waals surface area contributed by atoms with Crippen LogP contribution in [0.25, 0.3) is 6.08 Å². The minimum Gasteiger partial charge on any atom is -0.394 e. The molecule has 0 bridgehead atoms. The predicted molar refractivity (Wildman–Crippen MR) is 76.6 cm³/mol. The Hall–Kier alpha value is -1.17. The zero-order valence-electron chi connectivity index (χ0n) is 10.5. The lowest BCUT2D eigenvalue weighted by Gasteiger charge is -2.31. The lowest BCUT2D eigenvalue weighted by molar-refractivity contribution is -0.134. The second kappa shape index (κ2) is 6.84. The summed E-state index contributed by atoms with van der Waals surface area (Å²) in [6.07, 6.45) is 3.08. The molecule has 0 radical (unpaired) electrons. The van der Waals surface area contributed by atoms with Crippen molar-refractivity contribution >= 4 is 27.9 Å². The van der Waals surface area contributed by atoms with Crippen molar-refractivity contribution in [3.05, 3.63) is 40.4 Å². The van der Waals surface area contributed by atoms with Crippen LogP contribution in [-0.4, -0.2) is 48.3 Å². The Morgan fingerprint density at radius 1 is 1.58 bits per heavy atom. The number of halogens is 1. The summed E-state index contributed by atoms with van der Waals surface area (Å²) in [5.41, 5.74) is 0.967. The van der Waals surface area contributed by atoms with Gasteiger partial charge in [0.1, 0.15) is 0 Å². The lowest BCUT2D eigenvalue weighted by atomic mass is 10.2. The maximum absolute atomic E-state index is 12.0. The number of carbonyl (C=O) groups excluding carboxylic acids is 1. The highest BCUT2D eigenvalue weighted by Gasteiger charge is 2.21. The molecule has 1 fully saturated rings. The first-order valence-corrected chi connectivity index (χ1v) is 6.93. The van der Waals surface area contributed by atoms with Crippen molar-refractivity contribution in [1.29, 1.82) is 0 Å². The van der Waals surface area contributed by atoms with E-state index in [2.05, 4.69) is 15.9 Å². The SMILES string of the molecule is O=C(/C=C/c1cccc(Br)c1)N1CCOC(CO)C1. The number of carbonyl (C=O) groups is 1. The van der Waals surface area contributed by atoms with Gasteiger partial charge in [0.25, 0.3) is 0 Å². The van der Waals surface area contributed by atoms with Gasteiger partial charge in [-0.3, -0.25) is 4.79 Å². The number of rotatable bonds is 3. The number of aliphatic hydroxyl groups excluding tert-OH is 1. The van der Waals surface area contributed by atoms with Crippen LogP contribution in [0.5, 0.6) is 0 Å². The Balaban J connectivity index is 1.96. The zero-order chi connectivity index (χ0) is 13.7. The van der Waals surface area contributed by atoms with E-state index >= 15 is 0 Å². The number of morpholine rings is 1. The smallest absolute Gasteiger partial charge is 0.246 e. The molecule has 1 aliphatic rings. The van der Waals surface area contributed by atoms with E-state index in [4.69, 9.17) is 9.84 Å². The monoisotopic (exact) mass is 325 g/mol. The maximum atomic E-state index is 12.0. The van der Waals surface area contributed by atoms with Crippen LogP contribution in [0.4, 0.5) is 0 Å². The Bertz CT molecular complexity index is 476. The molecule has 1 aliphatic heterocycles. The topological polar surface area (TPSA) is 49.8 Å². The third-order valence-corrected chi connectivity index (χ3v) is 3.41. The average molecular weight is 326 g/mol. The van der Waals surface area contributed by atoms with E-state index in [0.717, 1.165) is 10.0 Å². The molecule has 0 aromatic heterocycles. The van der Waals surface area contributed by atoms with Crippen molar-refractivity contribution in [3.63, 3.8) is 0 Å². The van der Waals surface area contributed by atoms with Crippen LogP contribution in [-0.2, 0) is 9.53 Å². The molecule has 0 saturated carbocycles. The summed E-state index contributed by atoms with van der Waals surface area (Å²) in [5, 5.41) is 9.04. The van der Waals surface area contributed by atoms with Crippen LogP contribution in [0, 0.1) is 0 Å². The minimum atomic E-state index is -0.267. The van der Waals surface area contributed by atoms with Crippen LogP contribution in [0.3, 0.4) is 0 Å². The van der Waals surface area contributed by atoms with Crippen LogP contribution in [0.2, 0.25) is 0 Å². The summed E-state index contributed by atoms with van der Waals surface area (Å²) in [6, 6.07) is 7.74. The van der Waals surface area contributed by atoms with Crippen molar-refractivity contribution < 1.29 is 14.6 Å². The van der Waals surface area contributed by atoms with Crippen molar-refractivity contribution in [2.45, 2.75) is 6.10 Å². The van der Waals surface area contributed by atoms with Gasteiger partial charge in [-0.05, 0) is 23.8 Å². The molecule has 2 rings (SSSR count). The number of amides is 1. The number of hydrogen-bond acceptors (Lipinski definition) is 3.